The van der Waals surface area contributed by atoms with Crippen LogP contribution in [0, 0.1) is 0 Å². The smallest absolute Gasteiger partial charge is 0.264 e. The molecule has 0 bridgehead atoms. The van der Waals surface area contributed by atoms with Crippen LogP contribution >= 0.6 is 11.6 Å². The molecule has 0 saturated heterocycles. The molecule has 1 aliphatic carbocycles. The molecular formula is C31H36ClN3O4S. The van der Waals surface area contributed by atoms with Crippen LogP contribution < -0.4 is 9.62 Å². The molecule has 0 aliphatic heterocycles. The van der Waals surface area contributed by atoms with Crippen LogP contribution in [0.3, 0.4) is 0 Å². The predicted octanol–water partition coefficient (Wildman–Crippen LogP) is 5.79. The Bertz CT molecular complexity index is 1360. The number of benzene rings is 3. The molecule has 212 valence electrons. The van der Waals surface area contributed by atoms with Crippen molar-refractivity contribution in [2.75, 3.05) is 10.8 Å². The average molecular weight is 582 g/mol. The van der Waals surface area contributed by atoms with Gasteiger partial charge in [0, 0.05) is 17.6 Å². The van der Waals surface area contributed by atoms with Gasteiger partial charge in [-0.25, -0.2) is 8.42 Å². The maximum absolute atomic E-state index is 14.1. The topological polar surface area (TPSA) is 86.8 Å². The molecule has 0 spiro atoms. The van der Waals surface area contributed by atoms with Gasteiger partial charge in [0.25, 0.3) is 10.0 Å². The second-order valence-corrected chi connectivity index (χ2v) is 12.4. The van der Waals surface area contributed by atoms with Crippen molar-refractivity contribution >= 4 is 39.1 Å². The van der Waals surface area contributed by atoms with Crippen LogP contribution in [0.25, 0.3) is 0 Å². The lowest BCUT2D eigenvalue weighted by atomic mass is 9.95. The third kappa shape index (κ3) is 7.43. The van der Waals surface area contributed by atoms with Crippen LogP contribution in [-0.4, -0.2) is 43.8 Å². The number of hydrogen-bond donors (Lipinski definition) is 1. The summed E-state index contributed by atoms with van der Waals surface area (Å²) in [6.07, 6.45) is 5.56. The van der Waals surface area contributed by atoms with Crippen LogP contribution in [0.15, 0.2) is 89.8 Å². The summed E-state index contributed by atoms with van der Waals surface area (Å²) in [5.74, 6) is -0.665. The van der Waals surface area contributed by atoms with Gasteiger partial charge in [-0.3, -0.25) is 13.9 Å². The van der Waals surface area contributed by atoms with Crippen molar-refractivity contribution in [3.05, 3.63) is 95.5 Å². The van der Waals surface area contributed by atoms with Crippen LogP contribution in [0.5, 0.6) is 0 Å². The number of amides is 2. The largest absolute Gasteiger partial charge is 0.352 e. The highest BCUT2D eigenvalue weighted by molar-refractivity contribution is 7.92. The van der Waals surface area contributed by atoms with E-state index in [1.165, 1.54) is 35.6 Å². The van der Waals surface area contributed by atoms with E-state index in [-0.39, 0.29) is 23.4 Å². The van der Waals surface area contributed by atoms with E-state index in [0.29, 0.717) is 17.1 Å². The van der Waals surface area contributed by atoms with E-state index in [1.807, 2.05) is 37.3 Å². The molecule has 0 heterocycles. The molecule has 40 heavy (non-hydrogen) atoms. The highest BCUT2D eigenvalue weighted by atomic mass is 35.5. The molecule has 2 amide bonds. The van der Waals surface area contributed by atoms with Gasteiger partial charge in [-0.15, -0.1) is 0 Å². The summed E-state index contributed by atoms with van der Waals surface area (Å²) < 4.78 is 28.8. The summed E-state index contributed by atoms with van der Waals surface area (Å²) in [5.41, 5.74) is 1.21. The number of carbonyl (C=O) groups excluding carboxylic acids is 2. The summed E-state index contributed by atoms with van der Waals surface area (Å²) in [6, 6.07) is 23.2. The SMILES string of the molecule is CC[C@H](C(=O)NC1CCCCC1)N(Cc1ccccc1)C(=O)CN(c1ccccc1)S(=O)(=O)c1ccc(Cl)cc1. The number of nitrogens with one attached hydrogen (secondary N) is 1. The van der Waals surface area contributed by atoms with Crippen molar-refractivity contribution in [2.45, 2.75) is 69.0 Å². The number of sulfonamides is 1. The van der Waals surface area contributed by atoms with E-state index >= 15 is 0 Å². The minimum atomic E-state index is -4.12. The van der Waals surface area contributed by atoms with Crippen molar-refractivity contribution in [1.82, 2.24) is 10.2 Å². The molecule has 3 aromatic rings. The van der Waals surface area contributed by atoms with Gasteiger partial charge in [0.2, 0.25) is 11.8 Å². The highest BCUT2D eigenvalue weighted by Crippen LogP contribution is 2.26. The third-order valence-electron chi connectivity index (χ3n) is 7.26. The number of para-hydroxylation sites is 1. The molecule has 7 nitrogen and oxygen atoms in total. The molecule has 1 fully saturated rings. The molecular weight excluding hydrogens is 546 g/mol. The lowest BCUT2D eigenvalue weighted by Crippen LogP contribution is -2.54. The summed E-state index contributed by atoms with van der Waals surface area (Å²) in [6.45, 7) is 1.59. The van der Waals surface area contributed by atoms with Gasteiger partial charge in [-0.2, -0.15) is 0 Å². The second-order valence-electron chi connectivity index (χ2n) is 10.1. The fraction of sp³-hybridized carbons (Fsp3) is 0.355. The zero-order valence-corrected chi connectivity index (χ0v) is 24.3. The van der Waals surface area contributed by atoms with E-state index in [9.17, 15) is 18.0 Å². The van der Waals surface area contributed by atoms with Crippen molar-refractivity contribution in [3.8, 4) is 0 Å². The summed E-state index contributed by atoms with van der Waals surface area (Å²) in [4.78, 5) is 29.1. The van der Waals surface area contributed by atoms with Crippen molar-refractivity contribution < 1.29 is 18.0 Å². The molecule has 1 saturated carbocycles. The quantitative estimate of drug-likeness (QED) is 0.310. The van der Waals surface area contributed by atoms with Gasteiger partial charge in [0.05, 0.1) is 10.6 Å². The Morgan fingerprint density at radius 2 is 1.50 bits per heavy atom. The molecule has 4 rings (SSSR count). The molecule has 1 aliphatic rings. The first-order valence-corrected chi connectivity index (χ1v) is 15.6. The Hall–Kier alpha value is -3.36. The van der Waals surface area contributed by atoms with Crippen molar-refractivity contribution in [1.29, 1.82) is 0 Å². The maximum Gasteiger partial charge on any atom is 0.264 e. The van der Waals surface area contributed by atoms with Gasteiger partial charge >= 0.3 is 0 Å². The van der Waals surface area contributed by atoms with Crippen LogP contribution in [0.2, 0.25) is 5.02 Å². The average Bonchev–Trinajstić information content (AvgIpc) is 2.97. The lowest BCUT2D eigenvalue weighted by Gasteiger charge is -2.34. The van der Waals surface area contributed by atoms with E-state index in [4.69, 9.17) is 11.6 Å². The number of rotatable bonds is 11. The summed E-state index contributed by atoms with van der Waals surface area (Å²) >= 11 is 6.00. The zero-order valence-electron chi connectivity index (χ0n) is 22.7. The van der Waals surface area contributed by atoms with Gasteiger partial charge < -0.3 is 10.2 Å². The minimum Gasteiger partial charge on any atom is -0.352 e. The molecule has 1 atom stereocenters. The summed E-state index contributed by atoms with van der Waals surface area (Å²) in [7, 11) is -4.12. The van der Waals surface area contributed by atoms with Gasteiger partial charge in [-0.1, -0.05) is 86.3 Å². The monoisotopic (exact) mass is 581 g/mol. The summed E-state index contributed by atoms with van der Waals surface area (Å²) in [5, 5.41) is 3.57. The fourth-order valence-corrected chi connectivity index (χ4v) is 6.64. The first-order valence-electron chi connectivity index (χ1n) is 13.8. The van der Waals surface area contributed by atoms with Crippen LogP contribution in [0.4, 0.5) is 5.69 Å². The molecule has 9 heteroatoms. The van der Waals surface area contributed by atoms with Crippen molar-refractivity contribution in [2.24, 2.45) is 0 Å². The Morgan fingerprint density at radius 3 is 2.10 bits per heavy atom. The third-order valence-corrected chi connectivity index (χ3v) is 9.30. The number of halogens is 1. The van der Waals surface area contributed by atoms with E-state index in [1.54, 1.807) is 30.3 Å². The molecule has 1 N–H and O–H groups in total. The van der Waals surface area contributed by atoms with E-state index in [0.717, 1.165) is 35.6 Å². The maximum atomic E-state index is 14.1. The van der Waals surface area contributed by atoms with E-state index in [2.05, 4.69) is 5.32 Å². The molecule has 0 unspecified atom stereocenters. The van der Waals surface area contributed by atoms with Crippen LogP contribution in [-0.2, 0) is 26.2 Å². The van der Waals surface area contributed by atoms with Gasteiger partial charge in [0.1, 0.15) is 12.6 Å². The van der Waals surface area contributed by atoms with Gasteiger partial charge in [-0.05, 0) is 61.2 Å². The Labute approximate surface area is 242 Å². The second kappa shape index (κ2) is 13.8. The van der Waals surface area contributed by atoms with Crippen molar-refractivity contribution in [3.63, 3.8) is 0 Å². The molecule has 3 aromatic carbocycles. The Balaban J connectivity index is 1.67. The normalized spacial score (nSPS) is 14.8. The Kier molecular flexibility index (Phi) is 10.2. The van der Waals surface area contributed by atoms with E-state index < -0.39 is 28.5 Å². The Morgan fingerprint density at radius 1 is 0.900 bits per heavy atom. The first kappa shape index (κ1) is 29.6. The zero-order chi connectivity index (χ0) is 28.5. The minimum absolute atomic E-state index is 0.0187. The number of hydrogen-bond acceptors (Lipinski definition) is 4. The lowest BCUT2D eigenvalue weighted by molar-refractivity contribution is -0.140. The number of nitrogens with zero attached hydrogens (tertiary/aromatic N) is 2. The first-order chi connectivity index (χ1) is 19.3. The van der Waals surface area contributed by atoms with Crippen LogP contribution in [0.1, 0.15) is 51.0 Å². The number of carbonyl (C=O) groups is 2. The molecule has 0 aromatic heterocycles. The standard InChI is InChI=1S/C31H36ClN3O4S/c1-2-29(31(37)33-26-14-8-4-9-15-26)34(22-24-12-6-3-7-13-24)30(36)23-35(27-16-10-5-11-17-27)40(38,39)28-20-18-25(32)19-21-28/h3,5-7,10-13,16-21,26,29H,2,4,8-9,14-15,22-23H2,1H3,(H,33,37)/t29-/m1/s1. The fourth-order valence-electron chi connectivity index (χ4n) is 5.10. The highest BCUT2D eigenvalue weighted by Gasteiger charge is 2.34. The number of anilines is 1. The predicted molar refractivity (Wildman–Crippen MR) is 159 cm³/mol. The van der Waals surface area contributed by atoms with Gasteiger partial charge in [0.15, 0.2) is 0 Å². The molecule has 0 radical (unpaired) electrons.